The topological polar surface area (TPSA) is 8.81 Å². The van der Waals surface area contributed by atoms with Crippen LogP contribution in [-0.2, 0) is 25.9 Å². The molecule has 0 spiro atoms. The Morgan fingerprint density at radius 1 is 0.694 bits per heavy atom. The van der Waals surface area contributed by atoms with Crippen molar-refractivity contribution >= 4 is 0 Å². The van der Waals surface area contributed by atoms with Gasteiger partial charge in [0.15, 0.2) is 0 Å². The summed E-state index contributed by atoms with van der Waals surface area (Å²) in [4.78, 5) is 0. The van der Waals surface area contributed by atoms with Crippen molar-refractivity contribution in [2.24, 2.45) is 0 Å². The number of unbranched alkanes of at least 4 members (excludes halogenated alkanes) is 10. The second-order valence-electron chi connectivity index (χ2n) is 10.7. The molecule has 0 aliphatic carbocycles. The van der Waals surface area contributed by atoms with Crippen molar-refractivity contribution in [2.75, 3.05) is 0 Å². The Morgan fingerprint density at radius 2 is 1.25 bits per heavy atom. The molecule has 0 aliphatic heterocycles. The summed E-state index contributed by atoms with van der Waals surface area (Å²) in [5.74, 6) is 1.98. The molecule has 2 heteroatoms. The van der Waals surface area contributed by atoms with E-state index in [0.717, 1.165) is 25.9 Å². The molecule has 0 saturated carbocycles. The van der Waals surface area contributed by atoms with Crippen LogP contribution in [0.15, 0.2) is 66.9 Å². The number of imidazole rings is 1. The smallest absolute Gasteiger partial charge is 0.234 e. The van der Waals surface area contributed by atoms with E-state index in [0.29, 0.717) is 5.92 Å². The summed E-state index contributed by atoms with van der Waals surface area (Å²) in [5, 5.41) is 0. The molecule has 0 radical (unpaired) electrons. The summed E-state index contributed by atoms with van der Waals surface area (Å²) in [7, 11) is 0. The molecular formula is C34H51N2+. The molecule has 1 atom stereocenters. The van der Waals surface area contributed by atoms with Crippen LogP contribution in [0.4, 0.5) is 0 Å². The van der Waals surface area contributed by atoms with Gasteiger partial charge in [0.1, 0.15) is 11.9 Å². The molecule has 3 aromatic rings. The van der Waals surface area contributed by atoms with Crippen molar-refractivity contribution in [1.29, 1.82) is 0 Å². The Kier molecular flexibility index (Phi) is 12.9. The molecule has 1 aromatic heterocycles. The maximum Gasteiger partial charge on any atom is 0.261 e. The maximum absolute atomic E-state index is 2.59. The molecule has 0 aliphatic rings. The highest BCUT2D eigenvalue weighted by molar-refractivity contribution is 5.22. The summed E-state index contributed by atoms with van der Waals surface area (Å²) in [5.41, 5.74) is 4.31. The Morgan fingerprint density at radius 3 is 1.83 bits per heavy atom. The van der Waals surface area contributed by atoms with Gasteiger partial charge in [-0.1, -0.05) is 132 Å². The van der Waals surface area contributed by atoms with E-state index in [1.165, 1.54) is 93.3 Å². The summed E-state index contributed by atoms with van der Waals surface area (Å²) < 4.78 is 5.17. The molecule has 196 valence electrons. The van der Waals surface area contributed by atoms with Crippen LogP contribution in [0.1, 0.15) is 120 Å². The fourth-order valence-electron chi connectivity index (χ4n) is 5.52. The molecule has 0 saturated heterocycles. The maximum atomic E-state index is 2.59. The number of rotatable bonds is 18. The summed E-state index contributed by atoms with van der Waals surface area (Å²) in [6, 6.07) is 22.0. The largest absolute Gasteiger partial charge is 0.261 e. The van der Waals surface area contributed by atoms with Crippen LogP contribution in [0.25, 0.3) is 0 Å². The van der Waals surface area contributed by atoms with Gasteiger partial charge in [0.25, 0.3) is 5.82 Å². The molecule has 2 nitrogen and oxygen atoms in total. The van der Waals surface area contributed by atoms with Crippen molar-refractivity contribution in [3.05, 3.63) is 89.5 Å². The van der Waals surface area contributed by atoms with Gasteiger partial charge in [0.2, 0.25) is 0 Å². The minimum absolute atomic E-state index is 0.520. The second-order valence-corrected chi connectivity index (χ2v) is 10.7. The molecule has 2 aromatic carbocycles. The molecule has 1 heterocycles. The Hall–Kier alpha value is -2.35. The molecular weight excluding hydrogens is 436 g/mol. The van der Waals surface area contributed by atoms with Gasteiger partial charge < -0.3 is 0 Å². The molecule has 1 unspecified atom stereocenters. The summed E-state index contributed by atoms with van der Waals surface area (Å²) >= 11 is 0. The van der Waals surface area contributed by atoms with Crippen molar-refractivity contribution < 1.29 is 4.57 Å². The first-order valence-electron chi connectivity index (χ1n) is 14.9. The van der Waals surface area contributed by atoms with E-state index >= 15 is 0 Å². The summed E-state index contributed by atoms with van der Waals surface area (Å²) in [6.45, 7) is 9.14. The summed E-state index contributed by atoms with van der Waals surface area (Å²) in [6.07, 6.45) is 19.9. The SMILES string of the molecule is CCCCCCCCCCCCC[n+]1cc(CC(C)c2ccccc2)n(CC)c1Cc1ccccc1. The Labute approximate surface area is 221 Å². The lowest BCUT2D eigenvalue weighted by Gasteiger charge is -2.11. The lowest BCUT2D eigenvalue weighted by atomic mass is 9.96. The minimum Gasteiger partial charge on any atom is -0.234 e. The lowest BCUT2D eigenvalue weighted by molar-refractivity contribution is -0.704. The first-order chi connectivity index (χ1) is 17.7. The third-order valence-electron chi connectivity index (χ3n) is 7.70. The highest BCUT2D eigenvalue weighted by Gasteiger charge is 2.24. The van der Waals surface area contributed by atoms with Gasteiger partial charge in [-0.3, -0.25) is 0 Å². The van der Waals surface area contributed by atoms with Gasteiger partial charge >= 0.3 is 0 Å². The zero-order valence-corrected chi connectivity index (χ0v) is 23.4. The average Bonchev–Trinajstić information content (AvgIpc) is 3.23. The average molecular weight is 488 g/mol. The van der Waals surface area contributed by atoms with Crippen molar-refractivity contribution in [3.63, 3.8) is 0 Å². The van der Waals surface area contributed by atoms with Crippen LogP contribution >= 0.6 is 0 Å². The zero-order chi connectivity index (χ0) is 25.4. The standard InChI is InChI=1S/C34H51N2/c1-4-6-7-8-9-10-11-12-13-14-21-26-35-29-33(27-30(3)32-24-19-16-20-25-32)36(5-2)34(35)28-31-22-17-15-18-23-31/h15-20,22-25,29-30H,4-14,21,26-28H2,1-3H3/q+1. The van der Waals surface area contributed by atoms with E-state index in [1.54, 1.807) is 0 Å². The van der Waals surface area contributed by atoms with Crippen LogP contribution in [0.3, 0.4) is 0 Å². The monoisotopic (exact) mass is 487 g/mol. The molecule has 0 bridgehead atoms. The highest BCUT2D eigenvalue weighted by atomic mass is 15.2. The third-order valence-corrected chi connectivity index (χ3v) is 7.70. The fourth-order valence-corrected chi connectivity index (χ4v) is 5.52. The molecule has 0 fully saturated rings. The van der Waals surface area contributed by atoms with Crippen LogP contribution in [-0.4, -0.2) is 4.57 Å². The first-order valence-corrected chi connectivity index (χ1v) is 14.9. The highest BCUT2D eigenvalue weighted by Crippen LogP contribution is 2.22. The van der Waals surface area contributed by atoms with E-state index in [4.69, 9.17) is 0 Å². The molecule has 36 heavy (non-hydrogen) atoms. The Bertz CT molecular complexity index is 958. The molecule has 3 rings (SSSR count). The third kappa shape index (κ3) is 9.26. The number of aryl methyl sites for hydroxylation is 1. The van der Waals surface area contributed by atoms with Crippen LogP contribution in [0.2, 0.25) is 0 Å². The van der Waals surface area contributed by atoms with E-state index in [9.17, 15) is 0 Å². The number of hydrogen-bond donors (Lipinski definition) is 0. The van der Waals surface area contributed by atoms with Gasteiger partial charge in [0.05, 0.1) is 19.5 Å². The number of nitrogens with zero attached hydrogens (tertiary/aromatic N) is 2. The Balaban J connectivity index is 1.58. The van der Waals surface area contributed by atoms with Gasteiger partial charge in [-0.05, 0) is 36.8 Å². The minimum atomic E-state index is 0.520. The first kappa shape index (κ1) is 28.2. The number of hydrogen-bond acceptors (Lipinski definition) is 0. The van der Waals surface area contributed by atoms with E-state index in [2.05, 4.69) is 96.8 Å². The van der Waals surface area contributed by atoms with Gasteiger partial charge in [0, 0.05) is 6.42 Å². The second kappa shape index (κ2) is 16.4. The number of benzene rings is 2. The van der Waals surface area contributed by atoms with Crippen molar-refractivity contribution in [1.82, 2.24) is 4.57 Å². The predicted molar refractivity (Wildman–Crippen MR) is 155 cm³/mol. The van der Waals surface area contributed by atoms with Crippen LogP contribution in [0, 0.1) is 0 Å². The lowest BCUT2D eigenvalue weighted by Crippen LogP contribution is -2.37. The van der Waals surface area contributed by atoms with Crippen LogP contribution in [0.5, 0.6) is 0 Å². The zero-order valence-electron chi connectivity index (χ0n) is 23.4. The van der Waals surface area contributed by atoms with Crippen molar-refractivity contribution in [3.8, 4) is 0 Å². The predicted octanol–water partition coefficient (Wildman–Crippen LogP) is 9.04. The van der Waals surface area contributed by atoms with E-state index < -0.39 is 0 Å². The van der Waals surface area contributed by atoms with Crippen molar-refractivity contribution in [2.45, 2.75) is 123 Å². The van der Waals surface area contributed by atoms with E-state index in [-0.39, 0.29) is 0 Å². The normalized spacial score (nSPS) is 12.2. The van der Waals surface area contributed by atoms with E-state index in [1.807, 2.05) is 0 Å². The quantitative estimate of drug-likeness (QED) is 0.125. The molecule has 0 N–H and O–H groups in total. The van der Waals surface area contributed by atoms with Gasteiger partial charge in [-0.15, -0.1) is 0 Å². The van der Waals surface area contributed by atoms with Gasteiger partial charge in [-0.2, -0.15) is 0 Å². The van der Waals surface area contributed by atoms with Crippen LogP contribution < -0.4 is 4.57 Å². The van der Waals surface area contributed by atoms with Gasteiger partial charge in [-0.25, -0.2) is 9.13 Å². The fraction of sp³-hybridized carbons (Fsp3) is 0.559. The number of aromatic nitrogens is 2. The molecule has 0 amide bonds.